The van der Waals surface area contributed by atoms with Crippen LogP contribution in [0, 0.1) is 24.5 Å². The van der Waals surface area contributed by atoms with Crippen molar-refractivity contribution in [2.75, 3.05) is 0 Å². The minimum absolute atomic E-state index is 0.522. The SMILES string of the molecule is [C-]#[N+]c1ccc(-n2c3ccc(C#N)cc3c3cccc([N+]#[C-])c32)cc1-c1ccccc1-c1ccccc1-n1c2ccccc2c2ccccc21. The Bertz CT molecular complexity index is 2920. The van der Waals surface area contributed by atoms with E-state index in [0.29, 0.717) is 16.9 Å². The fourth-order valence-electron chi connectivity index (χ4n) is 7.49. The fourth-order valence-corrected chi connectivity index (χ4v) is 7.49. The third-order valence-electron chi connectivity index (χ3n) is 9.61. The number of aromatic nitrogens is 2. The first-order valence-corrected chi connectivity index (χ1v) is 16.2. The monoisotopic (exact) mass is 635 g/mol. The lowest BCUT2D eigenvalue weighted by molar-refractivity contribution is 1.18. The van der Waals surface area contributed by atoms with Crippen LogP contribution in [-0.2, 0) is 0 Å². The zero-order chi connectivity index (χ0) is 33.8. The molecule has 9 aromatic rings. The Labute approximate surface area is 288 Å². The van der Waals surface area contributed by atoms with E-state index in [1.54, 1.807) is 0 Å². The third-order valence-corrected chi connectivity index (χ3v) is 9.61. The van der Waals surface area contributed by atoms with E-state index < -0.39 is 0 Å². The zero-order valence-electron chi connectivity index (χ0n) is 26.7. The largest absolute Gasteiger partial charge is 0.319 e. The number of para-hydroxylation sites is 4. The van der Waals surface area contributed by atoms with Gasteiger partial charge in [0.05, 0.1) is 52.5 Å². The van der Waals surface area contributed by atoms with Crippen LogP contribution in [0.1, 0.15) is 5.56 Å². The predicted molar refractivity (Wildman–Crippen MR) is 203 cm³/mol. The highest BCUT2D eigenvalue weighted by molar-refractivity contribution is 6.14. The number of rotatable bonds is 4. The smallest absolute Gasteiger partial charge is 0.211 e. The number of nitrogens with zero attached hydrogens (tertiary/aromatic N) is 5. The van der Waals surface area contributed by atoms with Crippen molar-refractivity contribution in [1.29, 1.82) is 5.26 Å². The maximum Gasteiger partial charge on any atom is 0.211 e. The van der Waals surface area contributed by atoms with Crippen molar-refractivity contribution in [2.24, 2.45) is 0 Å². The van der Waals surface area contributed by atoms with Crippen molar-refractivity contribution in [1.82, 2.24) is 9.13 Å². The van der Waals surface area contributed by atoms with Gasteiger partial charge in [-0.15, -0.1) is 0 Å². The molecule has 0 N–H and O–H groups in total. The second-order valence-corrected chi connectivity index (χ2v) is 12.2. The molecule has 230 valence electrons. The molecule has 0 aliphatic rings. The van der Waals surface area contributed by atoms with Crippen LogP contribution < -0.4 is 0 Å². The maximum absolute atomic E-state index is 9.68. The molecule has 9 rings (SSSR count). The minimum Gasteiger partial charge on any atom is -0.319 e. The summed E-state index contributed by atoms with van der Waals surface area (Å²) in [6.07, 6.45) is 0. The summed E-state index contributed by atoms with van der Waals surface area (Å²) < 4.78 is 4.42. The molecule has 0 amide bonds. The lowest BCUT2D eigenvalue weighted by Crippen LogP contribution is -1.98. The number of hydrogen-bond acceptors (Lipinski definition) is 1. The first-order valence-electron chi connectivity index (χ1n) is 16.2. The molecular weight excluding hydrogens is 611 g/mol. The second kappa shape index (κ2) is 11.4. The summed E-state index contributed by atoms with van der Waals surface area (Å²) in [5.41, 5.74) is 11.2. The molecule has 0 atom stereocenters. The van der Waals surface area contributed by atoms with Crippen LogP contribution in [0.15, 0.2) is 152 Å². The molecular formula is C45H25N5. The van der Waals surface area contributed by atoms with E-state index in [-0.39, 0.29) is 0 Å². The topological polar surface area (TPSA) is 42.4 Å². The van der Waals surface area contributed by atoms with Crippen LogP contribution in [0.5, 0.6) is 0 Å². The molecule has 0 aliphatic heterocycles. The van der Waals surface area contributed by atoms with Gasteiger partial charge in [-0.25, -0.2) is 9.69 Å². The highest BCUT2D eigenvalue weighted by atomic mass is 15.0. The lowest BCUT2D eigenvalue weighted by Gasteiger charge is -2.18. The van der Waals surface area contributed by atoms with Crippen molar-refractivity contribution in [3.63, 3.8) is 0 Å². The molecule has 0 saturated heterocycles. The van der Waals surface area contributed by atoms with Gasteiger partial charge < -0.3 is 9.13 Å². The lowest BCUT2D eigenvalue weighted by atomic mass is 9.92. The molecule has 0 fully saturated rings. The average molecular weight is 636 g/mol. The maximum atomic E-state index is 9.68. The summed E-state index contributed by atoms with van der Waals surface area (Å²) in [5.74, 6) is 0. The molecule has 0 bridgehead atoms. The first-order chi connectivity index (χ1) is 24.7. The summed E-state index contributed by atoms with van der Waals surface area (Å²) in [7, 11) is 0. The van der Waals surface area contributed by atoms with Crippen LogP contribution in [0.3, 0.4) is 0 Å². The summed E-state index contributed by atoms with van der Waals surface area (Å²) in [6, 6.07) is 53.2. The van der Waals surface area contributed by atoms with E-state index in [1.165, 1.54) is 10.8 Å². The van der Waals surface area contributed by atoms with Gasteiger partial charge in [-0.1, -0.05) is 103 Å². The van der Waals surface area contributed by atoms with E-state index in [4.69, 9.17) is 13.1 Å². The summed E-state index contributed by atoms with van der Waals surface area (Å²) in [4.78, 5) is 7.87. The van der Waals surface area contributed by atoms with Crippen molar-refractivity contribution in [3.8, 4) is 39.7 Å². The van der Waals surface area contributed by atoms with Gasteiger partial charge in [0.15, 0.2) is 5.69 Å². The first kappa shape index (κ1) is 28.8. The third kappa shape index (κ3) is 4.24. The molecule has 50 heavy (non-hydrogen) atoms. The van der Waals surface area contributed by atoms with E-state index in [2.05, 4.69) is 116 Å². The van der Waals surface area contributed by atoms with Gasteiger partial charge >= 0.3 is 0 Å². The standard InChI is InChI=1S/C45H25N5/c1-47-39-24-23-30(49-44-25-22-29(28-46)26-38(44)36-17-11-18-40(48-2)45(36)49)27-37(39)32-13-4-3-12-31(32)33-14-5-8-19-41(33)50-42-20-9-6-15-34(42)35-16-7-10-21-43(35)50/h3-27H. The second-order valence-electron chi connectivity index (χ2n) is 12.2. The Morgan fingerprint density at radius 2 is 1.06 bits per heavy atom. The molecule has 7 aromatic carbocycles. The molecule has 2 heterocycles. The predicted octanol–water partition coefficient (Wildman–Crippen LogP) is 12.2. The van der Waals surface area contributed by atoms with E-state index >= 15 is 0 Å². The van der Waals surface area contributed by atoms with Crippen LogP contribution in [-0.4, -0.2) is 9.13 Å². The van der Waals surface area contributed by atoms with Gasteiger partial charge in [0.25, 0.3) is 0 Å². The normalized spacial score (nSPS) is 11.1. The van der Waals surface area contributed by atoms with Gasteiger partial charge in [-0.05, 0) is 70.6 Å². The van der Waals surface area contributed by atoms with Gasteiger partial charge in [-0.2, -0.15) is 5.26 Å². The molecule has 0 spiro atoms. The summed E-state index contributed by atoms with van der Waals surface area (Å²) in [5, 5.41) is 13.9. The quantitative estimate of drug-likeness (QED) is 0.177. The average Bonchev–Trinajstić information content (AvgIpc) is 3.70. The Kier molecular flexibility index (Phi) is 6.56. The molecule has 2 aromatic heterocycles. The number of nitriles is 1. The Morgan fingerprint density at radius 3 is 1.76 bits per heavy atom. The Morgan fingerprint density at radius 1 is 0.460 bits per heavy atom. The van der Waals surface area contributed by atoms with Gasteiger partial charge in [0, 0.05) is 27.4 Å². The van der Waals surface area contributed by atoms with Crippen molar-refractivity contribution in [2.45, 2.75) is 0 Å². The van der Waals surface area contributed by atoms with Crippen LogP contribution in [0.2, 0.25) is 0 Å². The molecule has 0 radical (unpaired) electrons. The van der Waals surface area contributed by atoms with Crippen LogP contribution >= 0.6 is 0 Å². The molecule has 0 aliphatic carbocycles. The van der Waals surface area contributed by atoms with Gasteiger partial charge in [-0.3, -0.25) is 0 Å². The number of hydrogen-bond donors (Lipinski definition) is 0. The van der Waals surface area contributed by atoms with Crippen molar-refractivity contribution >= 4 is 55.0 Å². The number of benzene rings is 7. The summed E-state index contributed by atoms with van der Waals surface area (Å²) in [6.45, 7) is 16.2. The van der Waals surface area contributed by atoms with E-state index in [9.17, 15) is 5.26 Å². The van der Waals surface area contributed by atoms with Crippen LogP contribution in [0.25, 0.3) is 86.9 Å². The van der Waals surface area contributed by atoms with Gasteiger partial charge in [0.2, 0.25) is 5.69 Å². The van der Waals surface area contributed by atoms with Crippen LogP contribution in [0.4, 0.5) is 11.4 Å². The van der Waals surface area contributed by atoms with E-state index in [0.717, 1.165) is 66.5 Å². The highest BCUT2D eigenvalue weighted by Crippen LogP contribution is 2.44. The molecule has 0 unspecified atom stereocenters. The van der Waals surface area contributed by atoms with E-state index in [1.807, 2.05) is 60.7 Å². The van der Waals surface area contributed by atoms with Crippen molar-refractivity contribution < 1.29 is 0 Å². The highest BCUT2D eigenvalue weighted by Gasteiger charge is 2.21. The van der Waals surface area contributed by atoms with Crippen molar-refractivity contribution in [3.05, 3.63) is 180 Å². The minimum atomic E-state index is 0.522. The summed E-state index contributed by atoms with van der Waals surface area (Å²) >= 11 is 0. The van der Waals surface area contributed by atoms with Gasteiger partial charge in [0.1, 0.15) is 0 Å². The zero-order valence-corrected chi connectivity index (χ0v) is 26.7. The fraction of sp³-hybridized carbons (Fsp3) is 0. The molecule has 5 nitrogen and oxygen atoms in total. The molecule has 0 saturated carbocycles. The molecule has 5 heteroatoms. The number of fused-ring (bicyclic) bond motifs is 6. The Hall–Kier alpha value is -7.39. The Balaban J connectivity index is 1.31.